The summed E-state index contributed by atoms with van der Waals surface area (Å²) in [7, 11) is 0. The van der Waals surface area contributed by atoms with Crippen LogP contribution in [0.3, 0.4) is 0 Å². The van der Waals surface area contributed by atoms with E-state index in [1.807, 2.05) is 30.3 Å². The summed E-state index contributed by atoms with van der Waals surface area (Å²) in [6.07, 6.45) is 1.30. The molecule has 0 aliphatic heterocycles. The summed E-state index contributed by atoms with van der Waals surface area (Å²) in [6, 6.07) is 10.2. The van der Waals surface area contributed by atoms with Gasteiger partial charge in [-0.2, -0.15) is 0 Å². The lowest BCUT2D eigenvalue weighted by molar-refractivity contribution is -0.145. The van der Waals surface area contributed by atoms with Crippen LogP contribution in [-0.2, 0) is 16.1 Å². The molecule has 0 atom stereocenters. The fourth-order valence-electron chi connectivity index (χ4n) is 1.43. The zero-order valence-corrected chi connectivity index (χ0v) is 10.6. The molecule has 0 aliphatic carbocycles. The first-order chi connectivity index (χ1) is 8.18. The Balaban J connectivity index is 2.09. The molecular formula is C14H21NO2. The maximum atomic E-state index is 11.4. The third-order valence-electron chi connectivity index (χ3n) is 2.35. The highest BCUT2D eigenvalue weighted by Gasteiger charge is 2.03. The number of rotatable bonds is 7. The number of esters is 1. The Bertz CT molecular complexity index is 322. The maximum Gasteiger partial charge on any atom is 0.306 e. The van der Waals surface area contributed by atoms with Gasteiger partial charge < -0.3 is 10.1 Å². The summed E-state index contributed by atoms with van der Waals surface area (Å²) in [5, 5.41) is 3.27. The molecule has 0 amide bonds. The standard InChI is InChI=1S/C14H21NO2/c1-12(2)15-10-6-9-14(16)17-11-13-7-4-3-5-8-13/h3-5,7-8,12,15H,6,9-11H2,1-2H3. The van der Waals surface area contributed by atoms with E-state index in [2.05, 4.69) is 19.2 Å². The van der Waals surface area contributed by atoms with Crippen LogP contribution in [0.4, 0.5) is 0 Å². The molecule has 0 bridgehead atoms. The van der Waals surface area contributed by atoms with Crippen LogP contribution in [0.25, 0.3) is 0 Å². The highest BCUT2D eigenvalue weighted by Crippen LogP contribution is 2.02. The molecule has 0 unspecified atom stereocenters. The minimum atomic E-state index is -0.126. The Kier molecular flexibility index (Phi) is 6.33. The van der Waals surface area contributed by atoms with Crippen LogP contribution in [0, 0.1) is 0 Å². The summed E-state index contributed by atoms with van der Waals surface area (Å²) >= 11 is 0. The van der Waals surface area contributed by atoms with Crippen molar-refractivity contribution in [2.45, 2.75) is 39.3 Å². The monoisotopic (exact) mass is 235 g/mol. The lowest BCUT2D eigenvalue weighted by Crippen LogP contribution is -2.24. The highest BCUT2D eigenvalue weighted by atomic mass is 16.5. The van der Waals surface area contributed by atoms with E-state index in [4.69, 9.17) is 4.74 Å². The number of hydrogen-bond donors (Lipinski definition) is 1. The third-order valence-corrected chi connectivity index (χ3v) is 2.35. The van der Waals surface area contributed by atoms with Gasteiger partial charge in [-0.05, 0) is 18.5 Å². The molecule has 0 saturated carbocycles. The van der Waals surface area contributed by atoms with Crippen molar-refractivity contribution in [1.82, 2.24) is 5.32 Å². The number of carbonyl (C=O) groups excluding carboxylic acids is 1. The quantitative estimate of drug-likeness (QED) is 0.583. The van der Waals surface area contributed by atoms with Gasteiger partial charge in [0.1, 0.15) is 6.61 Å². The number of hydrogen-bond acceptors (Lipinski definition) is 3. The van der Waals surface area contributed by atoms with Crippen LogP contribution in [0.1, 0.15) is 32.3 Å². The molecule has 0 heterocycles. The summed E-state index contributed by atoms with van der Waals surface area (Å²) in [5.41, 5.74) is 1.03. The normalized spacial score (nSPS) is 10.5. The number of ether oxygens (including phenoxy) is 1. The zero-order chi connectivity index (χ0) is 12.5. The molecule has 0 aliphatic rings. The summed E-state index contributed by atoms with van der Waals surface area (Å²) in [6.45, 7) is 5.41. The molecule has 0 fully saturated rings. The molecule has 3 heteroatoms. The predicted octanol–water partition coefficient (Wildman–Crippen LogP) is 2.51. The molecule has 1 rings (SSSR count). The molecule has 0 aromatic heterocycles. The first-order valence-corrected chi connectivity index (χ1v) is 6.11. The van der Waals surface area contributed by atoms with Crippen molar-refractivity contribution in [3.05, 3.63) is 35.9 Å². The fourth-order valence-corrected chi connectivity index (χ4v) is 1.43. The van der Waals surface area contributed by atoms with Crippen molar-refractivity contribution in [1.29, 1.82) is 0 Å². The van der Waals surface area contributed by atoms with Gasteiger partial charge in [0.05, 0.1) is 0 Å². The molecule has 0 radical (unpaired) electrons. The molecule has 0 spiro atoms. The van der Waals surface area contributed by atoms with Crippen molar-refractivity contribution < 1.29 is 9.53 Å². The van der Waals surface area contributed by atoms with Crippen LogP contribution in [-0.4, -0.2) is 18.6 Å². The van der Waals surface area contributed by atoms with Crippen LogP contribution in [0.2, 0.25) is 0 Å². The molecule has 1 N–H and O–H groups in total. The Morgan fingerprint density at radius 1 is 1.29 bits per heavy atom. The summed E-state index contributed by atoms with van der Waals surface area (Å²) in [5.74, 6) is -0.126. The number of carbonyl (C=O) groups is 1. The second-order valence-corrected chi connectivity index (χ2v) is 4.36. The van der Waals surface area contributed by atoms with Crippen molar-refractivity contribution in [3.8, 4) is 0 Å². The number of benzene rings is 1. The Morgan fingerprint density at radius 2 is 2.00 bits per heavy atom. The molecular weight excluding hydrogens is 214 g/mol. The minimum absolute atomic E-state index is 0.126. The van der Waals surface area contributed by atoms with Crippen LogP contribution in [0.15, 0.2) is 30.3 Å². The second-order valence-electron chi connectivity index (χ2n) is 4.36. The SMILES string of the molecule is CC(C)NCCCC(=O)OCc1ccccc1. The Labute approximate surface area is 103 Å². The van der Waals surface area contributed by atoms with E-state index in [0.717, 1.165) is 18.5 Å². The first kappa shape index (κ1) is 13.7. The fraction of sp³-hybridized carbons (Fsp3) is 0.500. The Hall–Kier alpha value is -1.35. The lowest BCUT2D eigenvalue weighted by atomic mass is 10.2. The number of nitrogens with one attached hydrogen (secondary N) is 1. The van der Waals surface area contributed by atoms with Gasteiger partial charge in [-0.15, -0.1) is 0 Å². The lowest BCUT2D eigenvalue weighted by Gasteiger charge is -2.08. The van der Waals surface area contributed by atoms with Gasteiger partial charge in [0.25, 0.3) is 0 Å². The molecule has 1 aromatic carbocycles. The maximum absolute atomic E-state index is 11.4. The van der Waals surface area contributed by atoms with E-state index in [1.54, 1.807) is 0 Å². The predicted molar refractivity (Wildman–Crippen MR) is 68.6 cm³/mol. The molecule has 94 valence electrons. The van der Waals surface area contributed by atoms with Crippen molar-refractivity contribution >= 4 is 5.97 Å². The minimum Gasteiger partial charge on any atom is -0.461 e. The van der Waals surface area contributed by atoms with Gasteiger partial charge in [0.15, 0.2) is 0 Å². The van der Waals surface area contributed by atoms with Crippen molar-refractivity contribution in [2.24, 2.45) is 0 Å². The summed E-state index contributed by atoms with van der Waals surface area (Å²) in [4.78, 5) is 11.4. The average molecular weight is 235 g/mol. The van der Waals surface area contributed by atoms with Gasteiger partial charge in [0.2, 0.25) is 0 Å². The molecule has 17 heavy (non-hydrogen) atoms. The van der Waals surface area contributed by atoms with E-state index >= 15 is 0 Å². The van der Waals surface area contributed by atoms with Crippen LogP contribution in [0.5, 0.6) is 0 Å². The molecule has 1 aromatic rings. The van der Waals surface area contributed by atoms with Crippen LogP contribution >= 0.6 is 0 Å². The second kappa shape index (κ2) is 7.85. The topological polar surface area (TPSA) is 38.3 Å². The van der Waals surface area contributed by atoms with E-state index in [1.165, 1.54) is 0 Å². The Morgan fingerprint density at radius 3 is 2.65 bits per heavy atom. The van der Waals surface area contributed by atoms with E-state index < -0.39 is 0 Å². The smallest absolute Gasteiger partial charge is 0.306 e. The molecule has 3 nitrogen and oxygen atoms in total. The van der Waals surface area contributed by atoms with Crippen molar-refractivity contribution in [3.63, 3.8) is 0 Å². The van der Waals surface area contributed by atoms with Gasteiger partial charge >= 0.3 is 5.97 Å². The first-order valence-electron chi connectivity index (χ1n) is 6.11. The van der Waals surface area contributed by atoms with E-state index in [0.29, 0.717) is 19.1 Å². The van der Waals surface area contributed by atoms with E-state index in [9.17, 15) is 4.79 Å². The summed E-state index contributed by atoms with van der Waals surface area (Å²) < 4.78 is 5.17. The van der Waals surface area contributed by atoms with Gasteiger partial charge in [-0.25, -0.2) is 0 Å². The van der Waals surface area contributed by atoms with Gasteiger partial charge in [-0.3, -0.25) is 4.79 Å². The third kappa shape index (κ3) is 6.74. The van der Waals surface area contributed by atoms with Gasteiger partial charge in [-0.1, -0.05) is 44.2 Å². The van der Waals surface area contributed by atoms with Gasteiger partial charge in [0, 0.05) is 12.5 Å². The average Bonchev–Trinajstić information content (AvgIpc) is 2.33. The van der Waals surface area contributed by atoms with Crippen LogP contribution < -0.4 is 5.32 Å². The van der Waals surface area contributed by atoms with E-state index in [-0.39, 0.29) is 5.97 Å². The largest absolute Gasteiger partial charge is 0.461 e. The highest BCUT2D eigenvalue weighted by molar-refractivity contribution is 5.69. The molecule has 0 saturated heterocycles. The zero-order valence-electron chi connectivity index (χ0n) is 10.6. The van der Waals surface area contributed by atoms with Crippen molar-refractivity contribution in [2.75, 3.05) is 6.54 Å².